The lowest BCUT2D eigenvalue weighted by atomic mass is 10.0. The molecule has 4 heteroatoms. The lowest BCUT2D eigenvalue weighted by molar-refractivity contribution is 0.406. The number of nitrogens with zero attached hydrogens (tertiary/aromatic N) is 1. The highest BCUT2D eigenvalue weighted by atomic mass is 16.5. The van der Waals surface area contributed by atoms with Crippen LogP contribution in [0.15, 0.2) is 59.6 Å². The van der Waals surface area contributed by atoms with Crippen LogP contribution >= 0.6 is 0 Å². The van der Waals surface area contributed by atoms with Crippen molar-refractivity contribution in [1.82, 2.24) is 10.6 Å². The van der Waals surface area contributed by atoms with Gasteiger partial charge in [0.05, 0.1) is 13.2 Å². The predicted molar refractivity (Wildman–Crippen MR) is 101 cm³/mol. The minimum Gasteiger partial charge on any atom is -0.496 e. The van der Waals surface area contributed by atoms with Gasteiger partial charge in [0, 0.05) is 19.5 Å². The number of rotatable bonds is 6. The van der Waals surface area contributed by atoms with Crippen molar-refractivity contribution in [2.75, 3.05) is 20.7 Å². The van der Waals surface area contributed by atoms with Crippen LogP contribution in [-0.2, 0) is 0 Å². The molecule has 0 saturated heterocycles. The van der Waals surface area contributed by atoms with Gasteiger partial charge in [0.25, 0.3) is 0 Å². The van der Waals surface area contributed by atoms with Gasteiger partial charge in [0.1, 0.15) is 5.75 Å². The van der Waals surface area contributed by atoms with E-state index in [2.05, 4.69) is 47.7 Å². The van der Waals surface area contributed by atoms with Crippen molar-refractivity contribution in [3.63, 3.8) is 0 Å². The van der Waals surface area contributed by atoms with Crippen molar-refractivity contribution in [3.8, 4) is 5.75 Å². The Hall–Kier alpha value is -2.49. The summed E-state index contributed by atoms with van der Waals surface area (Å²) in [7, 11) is 3.50. The summed E-state index contributed by atoms with van der Waals surface area (Å²) in [5.41, 5.74) is 2.43. The third-order valence-corrected chi connectivity index (χ3v) is 4.12. The van der Waals surface area contributed by atoms with Crippen molar-refractivity contribution in [3.05, 3.63) is 65.7 Å². The molecule has 2 unspecified atom stereocenters. The normalized spacial score (nSPS) is 13.9. The summed E-state index contributed by atoms with van der Waals surface area (Å²) < 4.78 is 5.45. The Bertz CT molecular complexity index is 655. The molecule has 0 heterocycles. The molecular weight excluding hydrogens is 298 g/mol. The molecule has 0 saturated carbocycles. The zero-order valence-electron chi connectivity index (χ0n) is 14.9. The van der Waals surface area contributed by atoms with E-state index in [1.54, 1.807) is 14.2 Å². The average molecular weight is 325 g/mol. The SMILES string of the molecule is CN=C(NCC(C)c1ccccc1OC)NC(C)c1ccccc1. The Morgan fingerprint density at radius 3 is 2.38 bits per heavy atom. The zero-order valence-corrected chi connectivity index (χ0v) is 14.9. The fourth-order valence-corrected chi connectivity index (χ4v) is 2.66. The minimum atomic E-state index is 0.193. The van der Waals surface area contributed by atoms with Crippen LogP contribution in [-0.4, -0.2) is 26.7 Å². The molecule has 2 atom stereocenters. The molecule has 0 aliphatic rings. The lowest BCUT2D eigenvalue weighted by Gasteiger charge is -2.21. The molecule has 0 bridgehead atoms. The van der Waals surface area contributed by atoms with E-state index in [0.29, 0.717) is 5.92 Å². The second-order valence-electron chi connectivity index (χ2n) is 5.87. The predicted octanol–water partition coefficient (Wildman–Crippen LogP) is 3.72. The van der Waals surface area contributed by atoms with Crippen LogP contribution in [0.2, 0.25) is 0 Å². The first-order valence-corrected chi connectivity index (χ1v) is 8.30. The quantitative estimate of drug-likeness (QED) is 0.628. The smallest absolute Gasteiger partial charge is 0.191 e. The molecule has 24 heavy (non-hydrogen) atoms. The summed E-state index contributed by atoms with van der Waals surface area (Å²) in [5.74, 6) is 2.03. The summed E-state index contributed by atoms with van der Waals surface area (Å²) in [6.07, 6.45) is 0. The number of para-hydroxylation sites is 1. The Labute approximate surface area is 145 Å². The Morgan fingerprint density at radius 1 is 1.04 bits per heavy atom. The van der Waals surface area contributed by atoms with E-state index in [-0.39, 0.29) is 6.04 Å². The van der Waals surface area contributed by atoms with E-state index in [9.17, 15) is 0 Å². The first-order chi connectivity index (χ1) is 11.7. The standard InChI is InChI=1S/C20H27N3O/c1-15(18-12-8-9-13-19(18)24-4)14-22-20(21-3)23-16(2)17-10-6-5-7-11-17/h5-13,15-16H,14H2,1-4H3,(H2,21,22,23). The highest BCUT2D eigenvalue weighted by Crippen LogP contribution is 2.25. The highest BCUT2D eigenvalue weighted by Gasteiger charge is 2.12. The molecule has 0 aliphatic heterocycles. The largest absolute Gasteiger partial charge is 0.496 e. The molecule has 2 N–H and O–H groups in total. The minimum absolute atomic E-state index is 0.193. The molecule has 2 aromatic rings. The number of nitrogens with one attached hydrogen (secondary N) is 2. The lowest BCUT2D eigenvalue weighted by Crippen LogP contribution is -2.40. The monoisotopic (exact) mass is 325 g/mol. The third-order valence-electron chi connectivity index (χ3n) is 4.12. The maximum absolute atomic E-state index is 5.45. The van der Waals surface area contributed by atoms with E-state index >= 15 is 0 Å². The summed E-state index contributed by atoms with van der Waals surface area (Å²) in [5, 5.41) is 6.83. The number of guanidine groups is 1. The van der Waals surface area contributed by atoms with Crippen LogP contribution in [0.3, 0.4) is 0 Å². The van der Waals surface area contributed by atoms with Gasteiger partial charge in [-0.2, -0.15) is 0 Å². The summed E-state index contributed by atoms with van der Waals surface area (Å²) in [6.45, 7) is 5.09. The Kier molecular flexibility index (Phi) is 6.67. The van der Waals surface area contributed by atoms with Crippen LogP contribution in [0.5, 0.6) is 5.75 Å². The molecule has 128 valence electrons. The van der Waals surface area contributed by atoms with Gasteiger partial charge in [0.15, 0.2) is 5.96 Å². The number of hydrogen-bond acceptors (Lipinski definition) is 2. The molecular formula is C20H27N3O. The third kappa shape index (κ3) is 4.75. The van der Waals surface area contributed by atoms with Gasteiger partial charge in [-0.3, -0.25) is 4.99 Å². The van der Waals surface area contributed by atoms with Gasteiger partial charge in [-0.1, -0.05) is 55.5 Å². The topological polar surface area (TPSA) is 45.7 Å². The molecule has 2 rings (SSSR count). The first-order valence-electron chi connectivity index (χ1n) is 8.30. The molecule has 0 fully saturated rings. The molecule has 4 nitrogen and oxygen atoms in total. The highest BCUT2D eigenvalue weighted by molar-refractivity contribution is 5.80. The fourth-order valence-electron chi connectivity index (χ4n) is 2.66. The Morgan fingerprint density at radius 2 is 1.71 bits per heavy atom. The van der Waals surface area contributed by atoms with Crippen LogP contribution in [0.1, 0.15) is 36.9 Å². The van der Waals surface area contributed by atoms with Crippen LogP contribution in [0, 0.1) is 0 Å². The van der Waals surface area contributed by atoms with Gasteiger partial charge in [0.2, 0.25) is 0 Å². The molecule has 2 aromatic carbocycles. The van der Waals surface area contributed by atoms with Gasteiger partial charge < -0.3 is 15.4 Å². The van der Waals surface area contributed by atoms with E-state index < -0.39 is 0 Å². The van der Waals surface area contributed by atoms with Crippen LogP contribution < -0.4 is 15.4 Å². The first kappa shape index (κ1) is 17.9. The second kappa shape index (κ2) is 8.96. The molecule has 0 amide bonds. The second-order valence-corrected chi connectivity index (χ2v) is 5.87. The van der Waals surface area contributed by atoms with Crippen molar-refractivity contribution in [1.29, 1.82) is 0 Å². The van der Waals surface area contributed by atoms with Gasteiger partial charge in [-0.25, -0.2) is 0 Å². The number of benzene rings is 2. The van der Waals surface area contributed by atoms with Crippen molar-refractivity contribution < 1.29 is 4.74 Å². The van der Waals surface area contributed by atoms with Gasteiger partial charge in [-0.15, -0.1) is 0 Å². The summed E-state index contributed by atoms with van der Waals surface area (Å²) >= 11 is 0. The van der Waals surface area contributed by atoms with E-state index in [4.69, 9.17) is 4.74 Å². The summed E-state index contributed by atoms with van der Waals surface area (Å²) in [4.78, 5) is 4.32. The number of hydrogen-bond donors (Lipinski definition) is 2. The number of methoxy groups -OCH3 is 1. The number of aliphatic imine (C=N–C) groups is 1. The maximum atomic E-state index is 5.45. The van der Waals surface area contributed by atoms with E-state index in [1.807, 2.05) is 36.4 Å². The molecule has 0 spiro atoms. The fraction of sp³-hybridized carbons (Fsp3) is 0.350. The number of ether oxygens (including phenoxy) is 1. The van der Waals surface area contributed by atoms with Crippen molar-refractivity contribution in [2.24, 2.45) is 4.99 Å². The van der Waals surface area contributed by atoms with E-state index in [1.165, 1.54) is 11.1 Å². The van der Waals surface area contributed by atoms with E-state index in [0.717, 1.165) is 18.3 Å². The average Bonchev–Trinajstić information content (AvgIpc) is 2.65. The molecule has 0 radical (unpaired) electrons. The maximum Gasteiger partial charge on any atom is 0.191 e. The summed E-state index contributed by atoms with van der Waals surface area (Å²) in [6, 6.07) is 18.7. The molecule has 0 aliphatic carbocycles. The Balaban J connectivity index is 1.94. The van der Waals surface area contributed by atoms with Crippen molar-refractivity contribution >= 4 is 5.96 Å². The van der Waals surface area contributed by atoms with Crippen LogP contribution in [0.4, 0.5) is 0 Å². The van der Waals surface area contributed by atoms with Crippen molar-refractivity contribution in [2.45, 2.75) is 25.8 Å². The van der Waals surface area contributed by atoms with Crippen LogP contribution in [0.25, 0.3) is 0 Å². The van der Waals surface area contributed by atoms with Gasteiger partial charge in [-0.05, 0) is 24.1 Å². The van der Waals surface area contributed by atoms with Gasteiger partial charge >= 0.3 is 0 Å². The zero-order chi connectivity index (χ0) is 17.4. The molecule has 0 aromatic heterocycles.